The number of nitrogen functional groups attached to an aromatic ring is 1. The van der Waals surface area contributed by atoms with E-state index in [1.165, 1.54) is 4.57 Å². The van der Waals surface area contributed by atoms with Gasteiger partial charge in [-0.2, -0.15) is 4.98 Å². The van der Waals surface area contributed by atoms with E-state index in [0.29, 0.717) is 5.56 Å². The molecule has 3 atom stereocenters. The topological polar surface area (TPSA) is 111 Å². The summed E-state index contributed by atoms with van der Waals surface area (Å²) in [5.41, 5.74) is 7.08. The van der Waals surface area contributed by atoms with Gasteiger partial charge in [0.1, 0.15) is 18.1 Å². The van der Waals surface area contributed by atoms with Gasteiger partial charge in [-0.3, -0.25) is 4.57 Å². The van der Waals surface area contributed by atoms with Gasteiger partial charge < -0.3 is 20.7 Å². The Kier molecular flexibility index (Phi) is 5.33. The molecule has 0 aromatic carbocycles. The van der Waals surface area contributed by atoms with Crippen LogP contribution < -0.4 is 11.4 Å². The standard InChI is InChI=1S/C15H23N3O4/c1-3-4-9(2)5-10-7-18(15(21)17-14(10)16)13-6-11(20)12(8-19)22-13/h5,7,11-13,19-20H,3-4,6,8H2,1-2H3,(H2,16,17,21)/b9-5+/t11-,12+,13+/m0/s1. The Morgan fingerprint density at radius 3 is 2.95 bits per heavy atom. The van der Waals surface area contributed by atoms with Crippen molar-refractivity contribution in [2.75, 3.05) is 12.3 Å². The molecule has 0 amide bonds. The molecule has 7 nitrogen and oxygen atoms in total. The Morgan fingerprint density at radius 1 is 1.64 bits per heavy atom. The quantitative estimate of drug-likeness (QED) is 0.737. The minimum absolute atomic E-state index is 0.175. The van der Waals surface area contributed by atoms with E-state index >= 15 is 0 Å². The van der Waals surface area contributed by atoms with E-state index in [-0.39, 0.29) is 18.8 Å². The Bertz CT molecular complexity index is 611. The molecule has 2 rings (SSSR count). The second kappa shape index (κ2) is 7.04. The Labute approximate surface area is 129 Å². The zero-order valence-corrected chi connectivity index (χ0v) is 12.9. The van der Waals surface area contributed by atoms with Gasteiger partial charge in [-0.25, -0.2) is 4.79 Å². The summed E-state index contributed by atoms with van der Waals surface area (Å²) in [7, 11) is 0. The number of nitrogens with two attached hydrogens (primary N) is 1. The van der Waals surface area contributed by atoms with E-state index in [0.717, 1.165) is 18.4 Å². The fourth-order valence-corrected chi connectivity index (χ4v) is 2.60. The van der Waals surface area contributed by atoms with Crippen molar-refractivity contribution in [3.8, 4) is 0 Å². The summed E-state index contributed by atoms with van der Waals surface area (Å²) in [6, 6.07) is 0. The molecule has 7 heteroatoms. The summed E-state index contributed by atoms with van der Waals surface area (Å²) in [6.45, 7) is 3.79. The minimum Gasteiger partial charge on any atom is -0.394 e. The Morgan fingerprint density at radius 2 is 2.36 bits per heavy atom. The second-order valence-electron chi connectivity index (χ2n) is 5.63. The molecule has 1 aliphatic heterocycles. The summed E-state index contributed by atoms with van der Waals surface area (Å²) in [5.74, 6) is 0.175. The molecule has 0 radical (unpaired) electrons. The molecule has 1 fully saturated rings. The lowest BCUT2D eigenvalue weighted by Crippen LogP contribution is -2.28. The first-order valence-electron chi connectivity index (χ1n) is 7.46. The van der Waals surface area contributed by atoms with Crippen molar-refractivity contribution < 1.29 is 14.9 Å². The summed E-state index contributed by atoms with van der Waals surface area (Å²) in [6.07, 6.45) is 3.54. The van der Waals surface area contributed by atoms with Crippen molar-refractivity contribution in [3.05, 3.63) is 27.8 Å². The number of hydrogen-bond acceptors (Lipinski definition) is 6. The molecule has 22 heavy (non-hydrogen) atoms. The SMILES string of the molecule is CCC/C(C)=C/c1cn([C@H]2C[C@H](O)[C@@H](CO)O2)c(=O)nc1N. The highest BCUT2D eigenvalue weighted by Crippen LogP contribution is 2.28. The van der Waals surface area contributed by atoms with E-state index in [1.54, 1.807) is 6.20 Å². The van der Waals surface area contributed by atoms with E-state index < -0.39 is 24.1 Å². The molecule has 4 N–H and O–H groups in total. The van der Waals surface area contributed by atoms with Crippen LogP contribution in [-0.4, -0.2) is 38.6 Å². The van der Waals surface area contributed by atoms with Gasteiger partial charge in [0.25, 0.3) is 0 Å². The second-order valence-corrected chi connectivity index (χ2v) is 5.63. The van der Waals surface area contributed by atoms with Crippen LogP contribution in [0.4, 0.5) is 5.82 Å². The largest absolute Gasteiger partial charge is 0.394 e. The van der Waals surface area contributed by atoms with Crippen LogP contribution in [0.3, 0.4) is 0 Å². The number of aliphatic hydroxyl groups is 2. The van der Waals surface area contributed by atoms with Gasteiger partial charge in [0.05, 0.1) is 12.7 Å². The van der Waals surface area contributed by atoms with E-state index in [1.807, 2.05) is 13.0 Å². The highest BCUT2D eigenvalue weighted by Gasteiger charge is 2.35. The fourth-order valence-electron chi connectivity index (χ4n) is 2.60. The molecule has 2 heterocycles. The van der Waals surface area contributed by atoms with Gasteiger partial charge in [0.15, 0.2) is 0 Å². The number of hydrogen-bond donors (Lipinski definition) is 3. The third kappa shape index (κ3) is 3.55. The van der Waals surface area contributed by atoms with Crippen LogP contribution in [0.15, 0.2) is 16.6 Å². The van der Waals surface area contributed by atoms with Crippen LogP contribution in [0.1, 0.15) is 44.9 Å². The first kappa shape index (κ1) is 16.7. The summed E-state index contributed by atoms with van der Waals surface area (Å²) in [5, 5.41) is 18.9. The van der Waals surface area contributed by atoms with Gasteiger partial charge in [-0.15, -0.1) is 0 Å². The van der Waals surface area contributed by atoms with E-state index in [2.05, 4.69) is 11.9 Å². The number of nitrogens with zero attached hydrogens (tertiary/aromatic N) is 2. The maximum absolute atomic E-state index is 12.0. The van der Waals surface area contributed by atoms with Crippen LogP contribution in [0.5, 0.6) is 0 Å². The van der Waals surface area contributed by atoms with Crippen LogP contribution >= 0.6 is 0 Å². The summed E-state index contributed by atoms with van der Waals surface area (Å²) >= 11 is 0. The number of ether oxygens (including phenoxy) is 1. The Balaban J connectivity index is 2.33. The molecule has 1 aliphatic rings. The average molecular weight is 309 g/mol. The molecule has 0 unspecified atom stereocenters. The van der Waals surface area contributed by atoms with Crippen LogP contribution in [0, 0.1) is 0 Å². The van der Waals surface area contributed by atoms with Crippen LogP contribution in [-0.2, 0) is 4.74 Å². The van der Waals surface area contributed by atoms with Crippen molar-refractivity contribution in [3.63, 3.8) is 0 Å². The molecule has 0 spiro atoms. The van der Waals surface area contributed by atoms with Gasteiger partial charge in [-0.05, 0) is 13.3 Å². The van der Waals surface area contributed by atoms with Crippen molar-refractivity contribution in [1.82, 2.24) is 9.55 Å². The van der Waals surface area contributed by atoms with Crippen LogP contribution in [0.25, 0.3) is 6.08 Å². The molecule has 0 saturated carbocycles. The Hall–Kier alpha value is -1.70. The maximum Gasteiger partial charge on any atom is 0.351 e. The molecule has 0 bridgehead atoms. The third-order valence-electron chi connectivity index (χ3n) is 3.75. The number of rotatable bonds is 5. The normalized spacial score (nSPS) is 25.6. The van der Waals surface area contributed by atoms with E-state index in [4.69, 9.17) is 15.6 Å². The highest BCUT2D eigenvalue weighted by atomic mass is 16.5. The highest BCUT2D eigenvalue weighted by molar-refractivity contribution is 5.61. The number of aromatic nitrogens is 2. The zero-order valence-electron chi connectivity index (χ0n) is 12.9. The van der Waals surface area contributed by atoms with Crippen molar-refractivity contribution in [1.29, 1.82) is 0 Å². The monoisotopic (exact) mass is 309 g/mol. The van der Waals surface area contributed by atoms with Gasteiger partial charge >= 0.3 is 5.69 Å². The van der Waals surface area contributed by atoms with Crippen molar-refractivity contribution in [2.24, 2.45) is 0 Å². The lowest BCUT2D eigenvalue weighted by molar-refractivity contribution is -0.0458. The summed E-state index contributed by atoms with van der Waals surface area (Å²) < 4.78 is 6.82. The molecule has 1 aromatic rings. The number of allylic oxidation sites excluding steroid dienone is 1. The van der Waals surface area contributed by atoms with Crippen molar-refractivity contribution >= 4 is 11.9 Å². The molecular weight excluding hydrogens is 286 g/mol. The first-order valence-corrected chi connectivity index (χ1v) is 7.46. The lowest BCUT2D eigenvalue weighted by Gasteiger charge is -2.15. The number of anilines is 1. The lowest BCUT2D eigenvalue weighted by atomic mass is 10.1. The molecular formula is C15H23N3O4. The predicted octanol–water partition coefficient (Wildman–Crippen LogP) is 0.670. The smallest absolute Gasteiger partial charge is 0.351 e. The predicted molar refractivity (Wildman–Crippen MR) is 83.1 cm³/mol. The number of aliphatic hydroxyl groups excluding tert-OH is 2. The molecule has 122 valence electrons. The summed E-state index contributed by atoms with van der Waals surface area (Å²) in [4.78, 5) is 15.8. The molecule has 1 aromatic heterocycles. The first-order chi connectivity index (χ1) is 10.5. The third-order valence-corrected chi connectivity index (χ3v) is 3.75. The zero-order chi connectivity index (χ0) is 16.3. The van der Waals surface area contributed by atoms with Gasteiger partial charge in [0, 0.05) is 18.2 Å². The minimum atomic E-state index is -0.805. The van der Waals surface area contributed by atoms with E-state index in [9.17, 15) is 9.90 Å². The van der Waals surface area contributed by atoms with Crippen LogP contribution in [0.2, 0.25) is 0 Å². The fraction of sp³-hybridized carbons (Fsp3) is 0.600. The van der Waals surface area contributed by atoms with Crippen molar-refractivity contribution in [2.45, 2.75) is 51.5 Å². The molecule has 1 saturated heterocycles. The molecule has 0 aliphatic carbocycles. The van der Waals surface area contributed by atoms with Gasteiger partial charge in [-0.1, -0.05) is 25.0 Å². The average Bonchev–Trinajstić information content (AvgIpc) is 2.83. The van der Waals surface area contributed by atoms with Gasteiger partial charge in [0.2, 0.25) is 0 Å². The maximum atomic E-state index is 12.0.